The maximum Gasteiger partial charge on any atom is 0.228 e. The van der Waals surface area contributed by atoms with Gasteiger partial charge in [-0.3, -0.25) is 9.59 Å². The quantitative estimate of drug-likeness (QED) is 0.818. The Bertz CT molecular complexity index is 933. The number of carbonyl (C=O) groups is 2. The number of aromatic nitrogens is 2. The summed E-state index contributed by atoms with van der Waals surface area (Å²) in [6.45, 7) is 5.23. The molecule has 2 aliphatic rings. The van der Waals surface area contributed by atoms with Crippen LogP contribution < -0.4 is 5.32 Å². The molecular weight excluding hydrogens is 383 g/mol. The van der Waals surface area contributed by atoms with Gasteiger partial charge >= 0.3 is 0 Å². The van der Waals surface area contributed by atoms with Crippen LogP contribution in [0.2, 0.25) is 0 Å². The number of hydrogen-bond acceptors (Lipinski definition) is 4. The average Bonchev–Trinajstić information content (AvgIpc) is 3.15. The fraction of sp³-hybridized carbons (Fsp3) is 0.478. The van der Waals surface area contributed by atoms with E-state index in [2.05, 4.69) is 15.3 Å². The number of nitrogens with one attached hydrogen (secondary N) is 1. The molecule has 0 bridgehead atoms. The molecule has 1 aliphatic heterocycles. The molecule has 7 heteroatoms. The SMILES string of the molecule is Cc1nc([C@@H]2CCN(C(=O)C3CCC3)C2)nc(C)c1CC(=O)Nc1ccc(F)cc1. The number of rotatable bonds is 5. The third kappa shape index (κ3) is 4.35. The van der Waals surface area contributed by atoms with Gasteiger partial charge in [0.25, 0.3) is 0 Å². The molecule has 158 valence electrons. The second-order valence-electron chi connectivity index (χ2n) is 8.36. The zero-order chi connectivity index (χ0) is 21.3. The fourth-order valence-electron chi connectivity index (χ4n) is 4.19. The third-order valence-electron chi connectivity index (χ3n) is 6.22. The number of amides is 2. The van der Waals surface area contributed by atoms with Crippen LogP contribution in [0, 0.1) is 25.6 Å². The van der Waals surface area contributed by atoms with Crippen molar-refractivity contribution in [2.45, 2.75) is 51.9 Å². The highest BCUT2D eigenvalue weighted by molar-refractivity contribution is 5.92. The van der Waals surface area contributed by atoms with Crippen molar-refractivity contribution in [3.63, 3.8) is 0 Å². The first-order valence-corrected chi connectivity index (χ1v) is 10.6. The molecule has 0 radical (unpaired) electrons. The lowest BCUT2D eigenvalue weighted by Crippen LogP contribution is -2.37. The molecule has 2 heterocycles. The molecule has 0 spiro atoms. The number of hydrogen-bond donors (Lipinski definition) is 1. The number of anilines is 1. The molecule has 1 N–H and O–H groups in total. The summed E-state index contributed by atoms with van der Waals surface area (Å²) < 4.78 is 13.0. The predicted octanol–water partition coefficient (Wildman–Crippen LogP) is 3.53. The van der Waals surface area contributed by atoms with E-state index in [4.69, 9.17) is 0 Å². The van der Waals surface area contributed by atoms with Crippen molar-refractivity contribution in [1.82, 2.24) is 14.9 Å². The largest absolute Gasteiger partial charge is 0.342 e. The van der Waals surface area contributed by atoms with E-state index in [-0.39, 0.29) is 35.9 Å². The van der Waals surface area contributed by atoms with E-state index in [0.29, 0.717) is 12.2 Å². The van der Waals surface area contributed by atoms with Crippen molar-refractivity contribution < 1.29 is 14.0 Å². The summed E-state index contributed by atoms with van der Waals surface area (Å²) in [5.41, 5.74) is 2.93. The Morgan fingerprint density at radius 2 is 1.77 bits per heavy atom. The maximum absolute atomic E-state index is 13.0. The third-order valence-corrected chi connectivity index (χ3v) is 6.22. The number of carbonyl (C=O) groups excluding carboxylic acids is 2. The number of nitrogens with zero attached hydrogens (tertiary/aromatic N) is 3. The Labute approximate surface area is 175 Å². The van der Waals surface area contributed by atoms with Crippen LogP contribution in [0.4, 0.5) is 10.1 Å². The van der Waals surface area contributed by atoms with Crippen LogP contribution in [0.25, 0.3) is 0 Å². The van der Waals surface area contributed by atoms with Crippen LogP contribution in [0.1, 0.15) is 54.4 Å². The van der Waals surface area contributed by atoms with Crippen LogP contribution in [0.3, 0.4) is 0 Å². The first kappa shape index (κ1) is 20.4. The van der Waals surface area contributed by atoms with Crippen molar-refractivity contribution in [2.75, 3.05) is 18.4 Å². The lowest BCUT2D eigenvalue weighted by atomic mass is 9.84. The number of aryl methyl sites for hydroxylation is 2. The van der Waals surface area contributed by atoms with Gasteiger partial charge in [-0.05, 0) is 57.4 Å². The van der Waals surface area contributed by atoms with E-state index in [1.807, 2.05) is 18.7 Å². The van der Waals surface area contributed by atoms with Gasteiger partial charge in [0.1, 0.15) is 11.6 Å². The molecule has 1 aromatic carbocycles. The highest BCUT2D eigenvalue weighted by Gasteiger charge is 2.35. The summed E-state index contributed by atoms with van der Waals surface area (Å²) in [6, 6.07) is 5.68. The van der Waals surface area contributed by atoms with Gasteiger partial charge in [-0.15, -0.1) is 0 Å². The van der Waals surface area contributed by atoms with Gasteiger partial charge in [0.15, 0.2) is 0 Å². The van der Waals surface area contributed by atoms with E-state index in [1.165, 1.54) is 24.3 Å². The summed E-state index contributed by atoms with van der Waals surface area (Å²) in [7, 11) is 0. The first-order chi connectivity index (χ1) is 14.4. The molecule has 2 amide bonds. The number of halogens is 1. The monoisotopic (exact) mass is 410 g/mol. The van der Waals surface area contributed by atoms with Crippen LogP contribution in [-0.2, 0) is 16.0 Å². The molecule has 1 saturated heterocycles. The van der Waals surface area contributed by atoms with Crippen LogP contribution >= 0.6 is 0 Å². The summed E-state index contributed by atoms with van der Waals surface area (Å²) in [5.74, 6) is 0.873. The zero-order valence-electron chi connectivity index (χ0n) is 17.4. The minimum atomic E-state index is -0.344. The lowest BCUT2D eigenvalue weighted by Gasteiger charge is -2.29. The molecule has 1 saturated carbocycles. The normalized spacial score (nSPS) is 18.9. The number of benzene rings is 1. The topological polar surface area (TPSA) is 75.2 Å². The zero-order valence-corrected chi connectivity index (χ0v) is 17.4. The Hall–Kier alpha value is -2.83. The predicted molar refractivity (Wildman–Crippen MR) is 112 cm³/mol. The fourth-order valence-corrected chi connectivity index (χ4v) is 4.19. The summed E-state index contributed by atoms with van der Waals surface area (Å²) in [4.78, 5) is 36.3. The van der Waals surface area contributed by atoms with Gasteiger partial charge in [0.2, 0.25) is 11.8 Å². The maximum atomic E-state index is 13.0. The van der Waals surface area contributed by atoms with E-state index in [9.17, 15) is 14.0 Å². The summed E-state index contributed by atoms with van der Waals surface area (Å²) in [5, 5.41) is 2.78. The van der Waals surface area contributed by atoms with Crippen molar-refractivity contribution in [3.05, 3.63) is 52.9 Å². The van der Waals surface area contributed by atoms with Crippen molar-refractivity contribution in [3.8, 4) is 0 Å². The van der Waals surface area contributed by atoms with Gasteiger partial charge in [-0.2, -0.15) is 0 Å². The molecule has 1 aromatic heterocycles. The molecule has 6 nitrogen and oxygen atoms in total. The van der Waals surface area contributed by atoms with E-state index >= 15 is 0 Å². The van der Waals surface area contributed by atoms with Crippen LogP contribution in [0.5, 0.6) is 0 Å². The molecule has 30 heavy (non-hydrogen) atoms. The lowest BCUT2D eigenvalue weighted by molar-refractivity contribution is -0.137. The summed E-state index contributed by atoms with van der Waals surface area (Å²) >= 11 is 0. The number of likely N-dealkylation sites (tertiary alicyclic amines) is 1. The highest BCUT2D eigenvalue weighted by Crippen LogP contribution is 2.32. The van der Waals surface area contributed by atoms with Gasteiger partial charge in [-0.25, -0.2) is 14.4 Å². The average molecular weight is 410 g/mol. The van der Waals surface area contributed by atoms with Gasteiger partial charge < -0.3 is 10.2 Å². The Balaban J connectivity index is 1.41. The van der Waals surface area contributed by atoms with Crippen LogP contribution in [-0.4, -0.2) is 39.8 Å². The Morgan fingerprint density at radius 1 is 1.10 bits per heavy atom. The van der Waals surface area contributed by atoms with Gasteiger partial charge in [0, 0.05) is 47.6 Å². The first-order valence-electron chi connectivity index (χ1n) is 10.6. The molecule has 1 atom stereocenters. The highest BCUT2D eigenvalue weighted by atomic mass is 19.1. The van der Waals surface area contributed by atoms with Crippen molar-refractivity contribution >= 4 is 17.5 Å². The molecule has 4 rings (SSSR count). The van der Waals surface area contributed by atoms with Crippen LogP contribution in [0.15, 0.2) is 24.3 Å². The standard InChI is InChI=1S/C23H27FN4O2/c1-14-20(12-21(29)27-19-8-6-18(24)7-9-19)15(2)26-22(25-14)17-10-11-28(13-17)23(30)16-4-3-5-16/h6-9,16-17H,3-5,10-13H2,1-2H3,(H,27,29)/t17-/m1/s1. The molecule has 2 aromatic rings. The Morgan fingerprint density at radius 3 is 2.37 bits per heavy atom. The minimum Gasteiger partial charge on any atom is -0.342 e. The molecule has 1 aliphatic carbocycles. The van der Waals surface area contributed by atoms with E-state index in [0.717, 1.165) is 55.0 Å². The molecule has 2 fully saturated rings. The Kier molecular flexibility index (Phi) is 5.79. The smallest absolute Gasteiger partial charge is 0.228 e. The van der Waals surface area contributed by atoms with E-state index in [1.54, 1.807) is 0 Å². The van der Waals surface area contributed by atoms with Crippen molar-refractivity contribution in [1.29, 1.82) is 0 Å². The second kappa shape index (κ2) is 8.50. The van der Waals surface area contributed by atoms with Crippen molar-refractivity contribution in [2.24, 2.45) is 5.92 Å². The van der Waals surface area contributed by atoms with Gasteiger partial charge in [-0.1, -0.05) is 6.42 Å². The minimum absolute atomic E-state index is 0.147. The summed E-state index contributed by atoms with van der Waals surface area (Å²) in [6.07, 6.45) is 4.23. The van der Waals surface area contributed by atoms with E-state index < -0.39 is 0 Å². The van der Waals surface area contributed by atoms with Gasteiger partial charge in [0.05, 0.1) is 6.42 Å². The molecular formula is C23H27FN4O2. The molecule has 0 unspecified atom stereocenters. The second-order valence-corrected chi connectivity index (χ2v) is 8.36.